The summed E-state index contributed by atoms with van der Waals surface area (Å²) in [6, 6.07) is 7.77. The Kier molecular flexibility index (Phi) is 3.77. The molecule has 0 radical (unpaired) electrons. The molecule has 18 heavy (non-hydrogen) atoms. The van der Waals surface area contributed by atoms with Crippen LogP contribution in [-0.4, -0.2) is 19.9 Å². The van der Waals surface area contributed by atoms with Gasteiger partial charge in [0.15, 0.2) is 5.82 Å². The minimum absolute atomic E-state index is 0.514. The highest BCUT2D eigenvalue weighted by Gasteiger charge is 2.14. The Hall–Kier alpha value is -1.68. The molecule has 0 spiro atoms. The van der Waals surface area contributed by atoms with Gasteiger partial charge in [0, 0.05) is 18.4 Å². The summed E-state index contributed by atoms with van der Waals surface area (Å²) in [6.45, 7) is 5.87. The van der Waals surface area contributed by atoms with Crippen LogP contribution in [-0.2, 0) is 12.8 Å². The molecule has 0 saturated heterocycles. The molecule has 4 nitrogen and oxygen atoms in total. The molecule has 2 rings (SSSR count). The van der Waals surface area contributed by atoms with E-state index in [9.17, 15) is 5.11 Å². The van der Waals surface area contributed by atoms with Crippen LogP contribution in [0.1, 0.15) is 44.1 Å². The minimum atomic E-state index is -0.514. The molecule has 1 N–H and O–H groups in total. The maximum Gasteiger partial charge on any atom is 0.151 e. The van der Waals surface area contributed by atoms with Gasteiger partial charge in [0.05, 0.1) is 11.8 Å². The lowest BCUT2D eigenvalue weighted by Crippen LogP contribution is -2.07. The lowest BCUT2D eigenvalue weighted by molar-refractivity contribution is 0.199. The van der Waals surface area contributed by atoms with Crippen molar-refractivity contribution in [3.8, 4) is 5.69 Å². The Morgan fingerprint density at radius 2 is 1.94 bits per heavy atom. The van der Waals surface area contributed by atoms with Crippen LogP contribution in [0.15, 0.2) is 24.3 Å². The van der Waals surface area contributed by atoms with Gasteiger partial charge in [-0.3, -0.25) is 0 Å². The number of hydrogen-bond acceptors (Lipinski definition) is 3. The van der Waals surface area contributed by atoms with Crippen molar-refractivity contribution in [2.24, 2.45) is 0 Å². The molecule has 1 aromatic carbocycles. The summed E-state index contributed by atoms with van der Waals surface area (Å²) in [4.78, 5) is 4.49. The fourth-order valence-corrected chi connectivity index (χ4v) is 2.00. The fourth-order valence-electron chi connectivity index (χ4n) is 2.00. The number of para-hydroxylation sites is 1. The second-order valence-electron chi connectivity index (χ2n) is 4.30. The Bertz CT molecular complexity index is 532. The van der Waals surface area contributed by atoms with Crippen LogP contribution in [0.2, 0.25) is 0 Å². The van der Waals surface area contributed by atoms with E-state index in [0.717, 1.165) is 35.7 Å². The van der Waals surface area contributed by atoms with Gasteiger partial charge in [-0.05, 0) is 13.0 Å². The number of rotatable bonds is 4. The number of benzene rings is 1. The van der Waals surface area contributed by atoms with Crippen LogP contribution in [0.3, 0.4) is 0 Å². The van der Waals surface area contributed by atoms with E-state index in [1.54, 1.807) is 6.92 Å². The van der Waals surface area contributed by atoms with Gasteiger partial charge in [-0.2, -0.15) is 5.10 Å². The zero-order valence-electron chi connectivity index (χ0n) is 11.1. The first-order chi connectivity index (χ1) is 8.67. The summed E-state index contributed by atoms with van der Waals surface area (Å²) >= 11 is 0. The summed E-state index contributed by atoms with van der Waals surface area (Å²) < 4.78 is 1.85. The van der Waals surface area contributed by atoms with Crippen molar-refractivity contribution in [2.75, 3.05) is 0 Å². The molecule has 0 unspecified atom stereocenters. The monoisotopic (exact) mass is 245 g/mol. The van der Waals surface area contributed by atoms with Crippen molar-refractivity contribution >= 4 is 0 Å². The van der Waals surface area contributed by atoms with Crippen LogP contribution < -0.4 is 0 Å². The smallest absolute Gasteiger partial charge is 0.151 e. The van der Waals surface area contributed by atoms with Gasteiger partial charge < -0.3 is 5.11 Å². The van der Waals surface area contributed by atoms with Gasteiger partial charge in [-0.1, -0.05) is 32.0 Å². The number of hydrogen-bond donors (Lipinski definition) is 1. The van der Waals surface area contributed by atoms with E-state index in [4.69, 9.17) is 0 Å². The second-order valence-corrected chi connectivity index (χ2v) is 4.30. The lowest BCUT2D eigenvalue weighted by Gasteiger charge is -2.12. The van der Waals surface area contributed by atoms with E-state index in [2.05, 4.69) is 17.0 Å². The zero-order chi connectivity index (χ0) is 13.1. The molecule has 1 heterocycles. The van der Waals surface area contributed by atoms with E-state index in [1.807, 2.05) is 35.9 Å². The van der Waals surface area contributed by atoms with Crippen molar-refractivity contribution in [3.63, 3.8) is 0 Å². The van der Waals surface area contributed by atoms with E-state index < -0.39 is 6.10 Å². The molecular formula is C14H19N3O. The van der Waals surface area contributed by atoms with Gasteiger partial charge in [-0.25, -0.2) is 9.67 Å². The Labute approximate surface area is 107 Å². The largest absolute Gasteiger partial charge is 0.389 e. The van der Waals surface area contributed by atoms with Crippen LogP contribution in [0, 0.1) is 0 Å². The Morgan fingerprint density at radius 1 is 1.22 bits per heavy atom. The van der Waals surface area contributed by atoms with Gasteiger partial charge in [0.2, 0.25) is 0 Å². The first kappa shape index (κ1) is 12.8. The van der Waals surface area contributed by atoms with Gasteiger partial charge in [0.1, 0.15) is 5.82 Å². The summed E-state index contributed by atoms with van der Waals surface area (Å²) in [5, 5.41) is 14.3. The second kappa shape index (κ2) is 5.31. The Morgan fingerprint density at radius 3 is 2.56 bits per heavy atom. The third-order valence-corrected chi connectivity index (χ3v) is 2.97. The van der Waals surface area contributed by atoms with Crippen molar-refractivity contribution < 1.29 is 5.11 Å². The predicted molar refractivity (Wildman–Crippen MR) is 70.7 cm³/mol. The van der Waals surface area contributed by atoms with Gasteiger partial charge in [0.25, 0.3) is 0 Å². The highest BCUT2D eigenvalue weighted by Crippen LogP contribution is 2.22. The predicted octanol–water partition coefficient (Wildman–Crippen LogP) is 2.45. The molecule has 0 aliphatic carbocycles. The van der Waals surface area contributed by atoms with Crippen LogP contribution in [0.25, 0.3) is 5.69 Å². The quantitative estimate of drug-likeness (QED) is 0.900. The minimum Gasteiger partial charge on any atom is -0.389 e. The topological polar surface area (TPSA) is 50.9 Å². The molecule has 1 aromatic heterocycles. The molecule has 0 saturated carbocycles. The van der Waals surface area contributed by atoms with Crippen molar-refractivity contribution in [1.29, 1.82) is 0 Å². The maximum atomic E-state index is 9.83. The molecule has 0 fully saturated rings. The van der Waals surface area contributed by atoms with E-state index in [1.165, 1.54) is 0 Å². The fraction of sp³-hybridized carbons (Fsp3) is 0.429. The third-order valence-electron chi connectivity index (χ3n) is 2.97. The maximum absolute atomic E-state index is 9.83. The van der Waals surface area contributed by atoms with Crippen molar-refractivity contribution in [1.82, 2.24) is 14.8 Å². The SMILES string of the molecule is CCc1nc(CC)n(-c2ccccc2[C@@H](C)O)n1. The average molecular weight is 245 g/mol. The summed E-state index contributed by atoms with van der Waals surface area (Å²) in [5.41, 5.74) is 1.79. The first-order valence-electron chi connectivity index (χ1n) is 6.39. The molecule has 0 aliphatic rings. The van der Waals surface area contributed by atoms with Gasteiger partial charge >= 0.3 is 0 Å². The highest BCUT2D eigenvalue weighted by atomic mass is 16.3. The van der Waals surface area contributed by atoms with Crippen LogP contribution in [0.5, 0.6) is 0 Å². The molecule has 4 heteroatoms. The summed E-state index contributed by atoms with van der Waals surface area (Å²) in [6.07, 6.45) is 1.12. The third kappa shape index (κ3) is 2.29. The number of aryl methyl sites for hydroxylation is 2. The standard InChI is InChI=1S/C14H19N3O/c1-4-13-15-14(5-2)17(16-13)12-9-7-6-8-11(12)10(3)18/h6-10,18H,4-5H2,1-3H3/t10-/m1/s1. The normalized spacial score (nSPS) is 12.7. The first-order valence-corrected chi connectivity index (χ1v) is 6.39. The number of nitrogens with zero attached hydrogens (tertiary/aromatic N) is 3. The number of aliphatic hydroxyl groups excluding tert-OH is 1. The van der Waals surface area contributed by atoms with E-state index in [-0.39, 0.29) is 0 Å². The molecule has 1 atom stereocenters. The summed E-state index contributed by atoms with van der Waals surface area (Å²) in [5.74, 6) is 1.77. The molecule has 0 aliphatic heterocycles. The summed E-state index contributed by atoms with van der Waals surface area (Å²) in [7, 11) is 0. The van der Waals surface area contributed by atoms with E-state index in [0.29, 0.717) is 0 Å². The molecule has 96 valence electrons. The van der Waals surface area contributed by atoms with Crippen molar-refractivity contribution in [2.45, 2.75) is 39.7 Å². The molecule has 0 bridgehead atoms. The van der Waals surface area contributed by atoms with Crippen LogP contribution in [0.4, 0.5) is 0 Å². The molecular weight excluding hydrogens is 226 g/mol. The molecule has 0 amide bonds. The molecule has 2 aromatic rings. The average Bonchev–Trinajstić information content (AvgIpc) is 2.81. The number of aromatic nitrogens is 3. The highest BCUT2D eigenvalue weighted by molar-refractivity contribution is 5.42. The number of aliphatic hydroxyl groups is 1. The zero-order valence-corrected chi connectivity index (χ0v) is 11.1. The van der Waals surface area contributed by atoms with E-state index >= 15 is 0 Å². The Balaban J connectivity index is 2.57. The lowest BCUT2D eigenvalue weighted by atomic mass is 10.1. The van der Waals surface area contributed by atoms with Crippen LogP contribution >= 0.6 is 0 Å². The van der Waals surface area contributed by atoms with Gasteiger partial charge in [-0.15, -0.1) is 0 Å². The van der Waals surface area contributed by atoms with Crippen molar-refractivity contribution in [3.05, 3.63) is 41.5 Å².